The molecule has 1 aromatic rings. The van der Waals surface area contributed by atoms with E-state index in [0.717, 1.165) is 12.2 Å². The molecule has 6 nitrogen and oxygen atoms in total. The molecule has 0 aliphatic heterocycles. The maximum absolute atomic E-state index is 11.8. The van der Waals surface area contributed by atoms with Gasteiger partial charge in [-0.25, -0.2) is 13.1 Å². The zero-order valence-corrected chi connectivity index (χ0v) is 10.9. The van der Waals surface area contributed by atoms with E-state index in [0.29, 0.717) is 0 Å². The van der Waals surface area contributed by atoms with Crippen molar-refractivity contribution in [3.8, 4) is 0 Å². The molecule has 4 N–H and O–H groups in total. The molecule has 8 heteroatoms. The van der Waals surface area contributed by atoms with Crippen LogP contribution in [0.25, 0.3) is 0 Å². The molecule has 0 saturated carbocycles. The number of aromatic amines is 1. The zero-order chi connectivity index (χ0) is 12.2. The molecule has 1 aromatic heterocycles. The number of thioether (sulfide) groups is 1. The lowest BCUT2D eigenvalue weighted by Gasteiger charge is -2.12. The maximum atomic E-state index is 11.8. The molecule has 0 bridgehead atoms. The number of nitrogen functional groups attached to an aromatic ring is 1. The summed E-state index contributed by atoms with van der Waals surface area (Å²) in [6.07, 6.45) is 3.96. The Kier molecular flexibility index (Phi) is 4.63. The highest BCUT2D eigenvalue weighted by Gasteiger charge is 2.21. The first kappa shape index (κ1) is 13.3. The van der Waals surface area contributed by atoms with Gasteiger partial charge in [-0.05, 0) is 25.4 Å². The lowest BCUT2D eigenvalue weighted by Crippen LogP contribution is -2.33. The topological polar surface area (TPSA) is 101 Å². The predicted molar refractivity (Wildman–Crippen MR) is 65.8 cm³/mol. The molecule has 0 spiro atoms. The second-order valence-corrected chi connectivity index (χ2v) is 6.12. The molecular weight excluding hydrogens is 248 g/mol. The van der Waals surface area contributed by atoms with Gasteiger partial charge in [0.05, 0.1) is 6.20 Å². The highest BCUT2D eigenvalue weighted by molar-refractivity contribution is 7.98. The summed E-state index contributed by atoms with van der Waals surface area (Å²) in [6, 6.07) is -0.119. The Hall–Kier alpha value is -0.730. The van der Waals surface area contributed by atoms with Crippen LogP contribution < -0.4 is 10.5 Å². The summed E-state index contributed by atoms with van der Waals surface area (Å²) in [5.74, 6) is 0.967. The monoisotopic (exact) mass is 264 g/mol. The van der Waals surface area contributed by atoms with E-state index in [1.54, 1.807) is 11.8 Å². The number of nitrogens with one attached hydrogen (secondary N) is 2. The minimum Gasteiger partial charge on any atom is -0.383 e. The van der Waals surface area contributed by atoms with Crippen LogP contribution in [-0.4, -0.2) is 36.7 Å². The van der Waals surface area contributed by atoms with Gasteiger partial charge in [0, 0.05) is 6.04 Å². The lowest BCUT2D eigenvalue weighted by atomic mass is 10.3. The van der Waals surface area contributed by atoms with Crippen molar-refractivity contribution in [2.45, 2.75) is 24.3 Å². The van der Waals surface area contributed by atoms with Crippen molar-refractivity contribution in [1.29, 1.82) is 0 Å². The van der Waals surface area contributed by atoms with Gasteiger partial charge in [0.25, 0.3) is 0 Å². The number of anilines is 1. The number of rotatable bonds is 6. The summed E-state index contributed by atoms with van der Waals surface area (Å²) in [4.78, 5) is 0.00324. The highest BCUT2D eigenvalue weighted by atomic mass is 32.2. The van der Waals surface area contributed by atoms with Crippen molar-refractivity contribution in [3.63, 3.8) is 0 Å². The number of nitrogens with zero attached hydrogens (tertiary/aromatic N) is 1. The molecule has 0 saturated heterocycles. The number of sulfonamides is 1. The van der Waals surface area contributed by atoms with E-state index >= 15 is 0 Å². The molecule has 0 aliphatic rings. The van der Waals surface area contributed by atoms with Crippen molar-refractivity contribution >= 4 is 27.6 Å². The largest absolute Gasteiger partial charge is 0.383 e. The predicted octanol–water partition coefficient (Wildman–Crippen LogP) is 0.412. The number of aromatic nitrogens is 2. The second kappa shape index (κ2) is 5.55. The summed E-state index contributed by atoms with van der Waals surface area (Å²) in [7, 11) is -3.56. The van der Waals surface area contributed by atoms with Gasteiger partial charge in [-0.3, -0.25) is 5.10 Å². The van der Waals surface area contributed by atoms with Crippen LogP contribution in [0.5, 0.6) is 0 Å². The van der Waals surface area contributed by atoms with Crippen molar-refractivity contribution in [2.24, 2.45) is 0 Å². The Labute approximate surface area is 99.4 Å². The highest BCUT2D eigenvalue weighted by Crippen LogP contribution is 2.14. The third-order valence-corrected chi connectivity index (χ3v) is 4.29. The zero-order valence-electron chi connectivity index (χ0n) is 9.23. The molecular formula is C8H16N4O2S2. The van der Waals surface area contributed by atoms with E-state index in [2.05, 4.69) is 14.9 Å². The number of nitrogens with two attached hydrogens (primary N) is 1. The van der Waals surface area contributed by atoms with Crippen molar-refractivity contribution in [3.05, 3.63) is 6.20 Å². The van der Waals surface area contributed by atoms with E-state index in [1.807, 2.05) is 13.2 Å². The standard InChI is InChI=1S/C8H16N4O2S2/c1-6(3-4-15-2)12-16(13,14)7-5-10-11-8(7)9/h5-6,12H,3-4H2,1-2H3,(H3,9,10,11). The SMILES string of the molecule is CSCCC(C)NS(=O)(=O)c1cn[nH]c1N. The van der Waals surface area contributed by atoms with Gasteiger partial charge in [0.2, 0.25) is 10.0 Å². The van der Waals surface area contributed by atoms with Gasteiger partial charge >= 0.3 is 0 Å². The van der Waals surface area contributed by atoms with Crippen LogP contribution in [0.3, 0.4) is 0 Å². The minimum absolute atomic E-state index is 0.00324. The van der Waals surface area contributed by atoms with E-state index in [4.69, 9.17) is 5.73 Å². The van der Waals surface area contributed by atoms with Gasteiger partial charge in [0.15, 0.2) is 0 Å². The first-order valence-electron chi connectivity index (χ1n) is 4.77. The van der Waals surface area contributed by atoms with Gasteiger partial charge < -0.3 is 5.73 Å². The van der Waals surface area contributed by atoms with Crippen LogP contribution in [0.2, 0.25) is 0 Å². The Morgan fingerprint density at radius 1 is 1.69 bits per heavy atom. The van der Waals surface area contributed by atoms with Crippen molar-refractivity contribution in [1.82, 2.24) is 14.9 Å². The molecule has 1 heterocycles. The molecule has 0 aliphatic carbocycles. The molecule has 0 amide bonds. The maximum Gasteiger partial charge on any atom is 0.246 e. The Morgan fingerprint density at radius 3 is 2.88 bits per heavy atom. The van der Waals surface area contributed by atoms with Gasteiger partial charge in [0.1, 0.15) is 10.7 Å². The second-order valence-electron chi connectivity index (χ2n) is 3.45. The molecule has 1 unspecified atom stereocenters. The van der Waals surface area contributed by atoms with E-state index in [-0.39, 0.29) is 16.8 Å². The average molecular weight is 264 g/mol. The third kappa shape index (κ3) is 3.39. The molecule has 1 rings (SSSR count). The van der Waals surface area contributed by atoms with Crippen LogP contribution in [0.4, 0.5) is 5.82 Å². The molecule has 0 fully saturated rings. The van der Waals surface area contributed by atoms with E-state index in [1.165, 1.54) is 6.20 Å². The number of H-pyrrole nitrogens is 1. The Morgan fingerprint density at radius 2 is 2.38 bits per heavy atom. The van der Waals surface area contributed by atoms with Crippen molar-refractivity contribution in [2.75, 3.05) is 17.7 Å². The fourth-order valence-electron chi connectivity index (χ4n) is 1.18. The molecule has 16 heavy (non-hydrogen) atoms. The smallest absolute Gasteiger partial charge is 0.246 e. The van der Waals surface area contributed by atoms with Crippen LogP contribution >= 0.6 is 11.8 Å². The molecule has 92 valence electrons. The van der Waals surface area contributed by atoms with Crippen LogP contribution in [0.1, 0.15) is 13.3 Å². The Bertz CT molecular complexity index is 429. The normalized spacial score (nSPS) is 13.9. The molecule has 1 atom stereocenters. The fourth-order valence-corrected chi connectivity index (χ4v) is 3.07. The summed E-state index contributed by atoms with van der Waals surface area (Å²) in [6.45, 7) is 1.82. The molecule has 0 radical (unpaired) electrons. The summed E-state index contributed by atoms with van der Waals surface area (Å²) >= 11 is 1.68. The summed E-state index contributed by atoms with van der Waals surface area (Å²) in [5, 5.41) is 5.98. The van der Waals surface area contributed by atoms with E-state index in [9.17, 15) is 8.42 Å². The summed E-state index contributed by atoms with van der Waals surface area (Å²) < 4.78 is 26.2. The average Bonchev–Trinajstić information content (AvgIpc) is 2.61. The van der Waals surface area contributed by atoms with Crippen LogP contribution in [-0.2, 0) is 10.0 Å². The number of hydrogen-bond donors (Lipinski definition) is 3. The van der Waals surface area contributed by atoms with Gasteiger partial charge in [-0.1, -0.05) is 0 Å². The minimum atomic E-state index is -3.56. The lowest BCUT2D eigenvalue weighted by molar-refractivity contribution is 0.557. The molecule has 0 aromatic carbocycles. The van der Waals surface area contributed by atoms with Gasteiger partial charge in [-0.2, -0.15) is 16.9 Å². The van der Waals surface area contributed by atoms with Crippen molar-refractivity contribution < 1.29 is 8.42 Å². The van der Waals surface area contributed by atoms with Crippen LogP contribution in [0.15, 0.2) is 11.1 Å². The van der Waals surface area contributed by atoms with Crippen LogP contribution in [0, 0.1) is 0 Å². The Balaban J connectivity index is 2.69. The van der Waals surface area contributed by atoms with E-state index < -0.39 is 10.0 Å². The first-order valence-corrected chi connectivity index (χ1v) is 7.65. The number of hydrogen-bond acceptors (Lipinski definition) is 5. The quantitative estimate of drug-likeness (QED) is 0.691. The third-order valence-electron chi connectivity index (χ3n) is 2.03. The first-order chi connectivity index (χ1) is 7.47. The fraction of sp³-hybridized carbons (Fsp3) is 0.625. The van der Waals surface area contributed by atoms with Gasteiger partial charge in [-0.15, -0.1) is 0 Å². The summed E-state index contributed by atoms with van der Waals surface area (Å²) in [5.41, 5.74) is 5.46.